The van der Waals surface area contributed by atoms with Crippen molar-refractivity contribution in [1.82, 2.24) is 15.1 Å². The van der Waals surface area contributed by atoms with Crippen LogP contribution in [0.1, 0.15) is 12.8 Å². The van der Waals surface area contributed by atoms with Crippen molar-refractivity contribution >= 4 is 0 Å². The Hall–Kier alpha value is -0.120. The molecule has 1 saturated carbocycles. The summed E-state index contributed by atoms with van der Waals surface area (Å²) in [4.78, 5) is 4.61. The molecule has 0 aromatic carbocycles. The molecule has 0 aromatic heterocycles. The zero-order valence-electron chi connectivity index (χ0n) is 9.21. The molecule has 0 aliphatic heterocycles. The molecule has 13 heavy (non-hydrogen) atoms. The Labute approximate surface area is 82.1 Å². The normalized spacial score (nSPS) is 17.3. The summed E-state index contributed by atoms with van der Waals surface area (Å²) in [5, 5.41) is 3.52. The van der Waals surface area contributed by atoms with E-state index >= 15 is 0 Å². The summed E-state index contributed by atoms with van der Waals surface area (Å²) in [5.41, 5.74) is 0. The van der Waals surface area contributed by atoms with Gasteiger partial charge in [-0.15, -0.1) is 0 Å². The predicted octanol–water partition coefficient (Wildman–Crippen LogP) is 0.232. The summed E-state index contributed by atoms with van der Waals surface area (Å²) in [5.74, 6) is 0. The van der Waals surface area contributed by atoms with Crippen LogP contribution in [-0.4, -0.2) is 63.2 Å². The molecule has 78 valence electrons. The van der Waals surface area contributed by atoms with E-state index in [2.05, 4.69) is 36.3 Å². The Balaban J connectivity index is 1.87. The fraction of sp³-hybridized carbons (Fsp3) is 1.00. The standard InChI is InChI=1S/C10H23N3/c1-12(2)8-9-13(3)7-6-11-10-4-5-10/h10-11H,4-9H2,1-3H3. The van der Waals surface area contributed by atoms with Gasteiger partial charge in [0.05, 0.1) is 0 Å². The zero-order chi connectivity index (χ0) is 9.68. The highest BCUT2D eigenvalue weighted by Crippen LogP contribution is 2.17. The quantitative estimate of drug-likeness (QED) is 0.612. The number of hydrogen-bond donors (Lipinski definition) is 1. The van der Waals surface area contributed by atoms with Gasteiger partial charge in [-0.25, -0.2) is 0 Å². The highest BCUT2D eigenvalue weighted by Gasteiger charge is 2.19. The van der Waals surface area contributed by atoms with E-state index in [-0.39, 0.29) is 0 Å². The van der Waals surface area contributed by atoms with E-state index in [1.807, 2.05) is 0 Å². The van der Waals surface area contributed by atoms with Crippen LogP contribution in [0.3, 0.4) is 0 Å². The number of nitrogens with one attached hydrogen (secondary N) is 1. The van der Waals surface area contributed by atoms with Crippen LogP contribution in [0.5, 0.6) is 0 Å². The van der Waals surface area contributed by atoms with Crippen LogP contribution in [-0.2, 0) is 0 Å². The van der Waals surface area contributed by atoms with E-state index in [4.69, 9.17) is 0 Å². The fourth-order valence-corrected chi connectivity index (χ4v) is 1.23. The van der Waals surface area contributed by atoms with Crippen molar-refractivity contribution in [3.05, 3.63) is 0 Å². The van der Waals surface area contributed by atoms with Crippen molar-refractivity contribution in [2.45, 2.75) is 18.9 Å². The van der Waals surface area contributed by atoms with Gasteiger partial charge in [0.2, 0.25) is 0 Å². The van der Waals surface area contributed by atoms with Gasteiger partial charge in [0, 0.05) is 32.2 Å². The van der Waals surface area contributed by atoms with Crippen LogP contribution >= 0.6 is 0 Å². The predicted molar refractivity (Wildman–Crippen MR) is 57.1 cm³/mol. The third-order valence-corrected chi connectivity index (χ3v) is 2.43. The first-order valence-electron chi connectivity index (χ1n) is 5.25. The lowest BCUT2D eigenvalue weighted by Crippen LogP contribution is -2.34. The summed E-state index contributed by atoms with van der Waals surface area (Å²) in [7, 11) is 6.44. The van der Waals surface area contributed by atoms with Crippen molar-refractivity contribution in [3.8, 4) is 0 Å². The average molecular weight is 185 g/mol. The first-order valence-corrected chi connectivity index (χ1v) is 5.25. The maximum absolute atomic E-state index is 3.52. The van der Waals surface area contributed by atoms with Gasteiger partial charge in [-0.05, 0) is 34.0 Å². The summed E-state index contributed by atoms with van der Waals surface area (Å²) in [6, 6.07) is 0.849. The third kappa shape index (κ3) is 6.02. The molecular formula is C10H23N3. The molecule has 0 spiro atoms. The first kappa shape index (κ1) is 11.0. The number of nitrogens with zero attached hydrogens (tertiary/aromatic N) is 2. The zero-order valence-corrected chi connectivity index (χ0v) is 9.21. The van der Waals surface area contributed by atoms with Gasteiger partial charge in [-0.3, -0.25) is 0 Å². The third-order valence-electron chi connectivity index (χ3n) is 2.43. The molecule has 0 aromatic rings. The lowest BCUT2D eigenvalue weighted by molar-refractivity contribution is 0.281. The largest absolute Gasteiger partial charge is 0.313 e. The molecule has 0 heterocycles. The van der Waals surface area contributed by atoms with Crippen LogP contribution < -0.4 is 5.32 Å². The summed E-state index contributed by atoms with van der Waals surface area (Å²) in [6.45, 7) is 4.64. The lowest BCUT2D eigenvalue weighted by Gasteiger charge is -2.19. The topological polar surface area (TPSA) is 18.5 Å². The Morgan fingerprint density at radius 2 is 1.77 bits per heavy atom. The molecule has 3 nitrogen and oxygen atoms in total. The maximum atomic E-state index is 3.52. The average Bonchev–Trinajstić information content (AvgIpc) is 2.84. The van der Waals surface area contributed by atoms with Crippen LogP contribution in [0.25, 0.3) is 0 Å². The molecule has 3 heteroatoms. The van der Waals surface area contributed by atoms with Gasteiger partial charge in [0.15, 0.2) is 0 Å². The second-order valence-electron chi connectivity index (χ2n) is 4.33. The molecule has 0 atom stereocenters. The first-order chi connectivity index (χ1) is 6.18. The van der Waals surface area contributed by atoms with Gasteiger partial charge in [-0.2, -0.15) is 0 Å². The molecule has 0 unspecified atom stereocenters. The Morgan fingerprint density at radius 1 is 1.08 bits per heavy atom. The Kier molecular flexibility index (Phi) is 4.70. The molecule has 1 fully saturated rings. The van der Waals surface area contributed by atoms with Crippen molar-refractivity contribution in [1.29, 1.82) is 0 Å². The number of likely N-dealkylation sites (N-methyl/N-ethyl adjacent to an activating group) is 2. The van der Waals surface area contributed by atoms with E-state index in [1.54, 1.807) is 0 Å². The van der Waals surface area contributed by atoms with E-state index in [0.717, 1.165) is 19.1 Å². The van der Waals surface area contributed by atoms with Gasteiger partial charge >= 0.3 is 0 Å². The Morgan fingerprint density at radius 3 is 2.31 bits per heavy atom. The van der Waals surface area contributed by atoms with Crippen molar-refractivity contribution < 1.29 is 0 Å². The molecule has 0 bridgehead atoms. The van der Waals surface area contributed by atoms with Crippen LogP contribution in [0.15, 0.2) is 0 Å². The minimum Gasteiger partial charge on any atom is -0.313 e. The number of rotatable bonds is 7. The Bertz CT molecular complexity index is 132. The lowest BCUT2D eigenvalue weighted by atomic mass is 10.4. The summed E-state index contributed by atoms with van der Waals surface area (Å²) in [6.07, 6.45) is 2.78. The van der Waals surface area contributed by atoms with Gasteiger partial charge < -0.3 is 15.1 Å². The monoisotopic (exact) mass is 185 g/mol. The minimum absolute atomic E-state index is 0.849. The molecule has 1 aliphatic carbocycles. The van der Waals surface area contributed by atoms with Gasteiger partial charge in [-0.1, -0.05) is 0 Å². The molecule has 1 rings (SSSR count). The van der Waals surface area contributed by atoms with E-state index in [0.29, 0.717) is 0 Å². The van der Waals surface area contributed by atoms with Crippen LogP contribution in [0.2, 0.25) is 0 Å². The van der Waals surface area contributed by atoms with Gasteiger partial charge in [0.1, 0.15) is 0 Å². The van der Waals surface area contributed by atoms with Crippen molar-refractivity contribution in [2.75, 3.05) is 47.3 Å². The smallest absolute Gasteiger partial charge is 0.0107 e. The molecule has 0 saturated heterocycles. The van der Waals surface area contributed by atoms with Crippen LogP contribution in [0, 0.1) is 0 Å². The molecule has 0 radical (unpaired) electrons. The molecule has 0 amide bonds. The number of hydrogen-bond acceptors (Lipinski definition) is 3. The highest BCUT2D eigenvalue weighted by atomic mass is 15.2. The molecule has 1 aliphatic rings. The molecule has 1 N–H and O–H groups in total. The van der Waals surface area contributed by atoms with Gasteiger partial charge in [0.25, 0.3) is 0 Å². The summed E-state index contributed by atoms with van der Waals surface area (Å²) < 4.78 is 0. The maximum Gasteiger partial charge on any atom is 0.0107 e. The van der Waals surface area contributed by atoms with E-state index in [1.165, 1.54) is 25.9 Å². The summed E-state index contributed by atoms with van der Waals surface area (Å²) >= 11 is 0. The highest BCUT2D eigenvalue weighted by molar-refractivity contribution is 4.80. The van der Waals surface area contributed by atoms with E-state index < -0.39 is 0 Å². The SMILES string of the molecule is CN(C)CCN(C)CCNC1CC1. The second kappa shape index (κ2) is 5.58. The fourth-order valence-electron chi connectivity index (χ4n) is 1.23. The second-order valence-corrected chi connectivity index (χ2v) is 4.33. The van der Waals surface area contributed by atoms with Crippen LogP contribution in [0.4, 0.5) is 0 Å². The van der Waals surface area contributed by atoms with Crippen molar-refractivity contribution in [3.63, 3.8) is 0 Å². The van der Waals surface area contributed by atoms with E-state index in [9.17, 15) is 0 Å². The molecular weight excluding hydrogens is 162 g/mol. The minimum atomic E-state index is 0.849. The van der Waals surface area contributed by atoms with Crippen molar-refractivity contribution in [2.24, 2.45) is 0 Å².